The molecule has 7 nitrogen and oxygen atoms in total. The number of rotatable bonds is 2. The third kappa shape index (κ3) is 3.03. The van der Waals surface area contributed by atoms with Crippen LogP contribution in [-0.4, -0.2) is 38.7 Å². The molecule has 0 unspecified atom stereocenters. The van der Waals surface area contributed by atoms with Crippen LogP contribution in [0.25, 0.3) is 22.3 Å². The van der Waals surface area contributed by atoms with E-state index in [-0.39, 0.29) is 23.0 Å². The molecule has 28 heavy (non-hydrogen) atoms. The van der Waals surface area contributed by atoms with E-state index in [1.165, 1.54) is 12.1 Å². The van der Waals surface area contributed by atoms with Crippen LogP contribution < -0.4 is 5.43 Å². The van der Waals surface area contributed by atoms with Gasteiger partial charge >= 0.3 is 0 Å². The van der Waals surface area contributed by atoms with Crippen LogP contribution in [0.15, 0.2) is 51.7 Å². The maximum atomic E-state index is 12.5. The van der Waals surface area contributed by atoms with E-state index in [0.29, 0.717) is 11.3 Å². The highest BCUT2D eigenvalue weighted by Gasteiger charge is 2.36. The molecule has 1 aromatic heterocycles. The molecule has 1 saturated heterocycles. The molecule has 4 N–H and O–H groups in total. The first-order valence-corrected chi connectivity index (χ1v) is 8.96. The number of fused-ring (bicyclic) bond motifs is 1. The number of phenols is 2. The van der Waals surface area contributed by atoms with E-state index in [1.807, 2.05) is 18.2 Å². The molecule has 0 saturated carbocycles. The van der Waals surface area contributed by atoms with Gasteiger partial charge in [-0.15, -0.1) is 0 Å². The second-order valence-corrected chi connectivity index (χ2v) is 7.00. The molecule has 4 atom stereocenters. The minimum atomic E-state index is -1.05. The van der Waals surface area contributed by atoms with Gasteiger partial charge in [0.25, 0.3) is 0 Å². The number of hydrogen-bond donors (Lipinski definition) is 4. The van der Waals surface area contributed by atoms with Gasteiger partial charge in [-0.05, 0) is 13.0 Å². The zero-order valence-electron chi connectivity index (χ0n) is 15.1. The summed E-state index contributed by atoms with van der Waals surface area (Å²) >= 11 is 0. The molecule has 7 heteroatoms. The Labute approximate surface area is 160 Å². The first-order valence-electron chi connectivity index (χ1n) is 8.96. The summed E-state index contributed by atoms with van der Waals surface area (Å²) in [5.41, 5.74) is 0.467. The van der Waals surface area contributed by atoms with Crippen molar-refractivity contribution in [3.05, 3.63) is 58.3 Å². The Bertz CT molecular complexity index is 1060. The van der Waals surface area contributed by atoms with Crippen molar-refractivity contribution in [2.75, 3.05) is 0 Å². The molecule has 1 aliphatic heterocycles. The summed E-state index contributed by atoms with van der Waals surface area (Å²) in [6.07, 6.45) is -3.53. The number of ether oxygens (including phenoxy) is 1. The third-order valence-corrected chi connectivity index (χ3v) is 5.11. The van der Waals surface area contributed by atoms with Crippen LogP contribution in [0.2, 0.25) is 0 Å². The van der Waals surface area contributed by atoms with Crippen LogP contribution in [0.1, 0.15) is 25.0 Å². The first-order chi connectivity index (χ1) is 13.4. The lowest BCUT2D eigenvalue weighted by atomic mass is 9.93. The van der Waals surface area contributed by atoms with E-state index in [9.17, 15) is 25.2 Å². The van der Waals surface area contributed by atoms with Gasteiger partial charge in [-0.1, -0.05) is 30.3 Å². The number of phenolic OH excluding ortho intramolecular Hbond substituents is 2. The molecule has 0 spiro atoms. The Morgan fingerprint density at radius 1 is 1.04 bits per heavy atom. The summed E-state index contributed by atoms with van der Waals surface area (Å²) in [4.78, 5) is 12.5. The van der Waals surface area contributed by atoms with Crippen molar-refractivity contribution in [1.29, 1.82) is 0 Å². The minimum absolute atomic E-state index is 0.0205. The Balaban J connectivity index is 1.87. The van der Waals surface area contributed by atoms with Crippen molar-refractivity contribution in [1.82, 2.24) is 0 Å². The molecule has 0 amide bonds. The van der Waals surface area contributed by atoms with Gasteiger partial charge in [0.2, 0.25) is 0 Å². The Morgan fingerprint density at radius 2 is 1.75 bits per heavy atom. The monoisotopic (exact) mass is 384 g/mol. The fourth-order valence-electron chi connectivity index (χ4n) is 3.57. The van der Waals surface area contributed by atoms with Crippen LogP contribution in [-0.2, 0) is 4.74 Å². The second-order valence-electron chi connectivity index (χ2n) is 7.00. The van der Waals surface area contributed by atoms with Crippen molar-refractivity contribution in [2.45, 2.75) is 37.8 Å². The Hall–Kier alpha value is -2.87. The maximum absolute atomic E-state index is 12.5. The lowest BCUT2D eigenvalue weighted by molar-refractivity contribution is -0.163. The molecule has 0 bridgehead atoms. The summed E-state index contributed by atoms with van der Waals surface area (Å²) in [6.45, 7) is 1.60. The SMILES string of the molecule is C[C@H]1O[C@@H](c2cc3oc(-c4ccccc4)cc(=O)c3c(O)c2O)C[C@@H](O)[C@@H]1O. The van der Waals surface area contributed by atoms with Gasteiger partial charge in [0.1, 0.15) is 22.8 Å². The number of aromatic hydroxyl groups is 2. The van der Waals surface area contributed by atoms with Crippen molar-refractivity contribution >= 4 is 11.0 Å². The standard InChI is InChI=1S/C21H20O7/c1-10-19(24)14(23)9-16(27-10)12-7-17-18(21(26)20(12)25)13(22)8-15(28-17)11-5-3-2-4-6-11/h2-8,10,14,16,19,23-26H,9H2,1H3/t10-,14-,16-,19-/m1/s1. The quantitative estimate of drug-likeness (QED) is 0.501. The normalized spacial score (nSPS) is 25.1. The van der Waals surface area contributed by atoms with Crippen molar-refractivity contribution in [2.24, 2.45) is 0 Å². The zero-order chi connectivity index (χ0) is 20.0. The van der Waals surface area contributed by atoms with Crippen molar-refractivity contribution in [3.8, 4) is 22.8 Å². The predicted molar refractivity (Wildman–Crippen MR) is 101 cm³/mol. The van der Waals surface area contributed by atoms with Crippen LogP contribution >= 0.6 is 0 Å². The molecule has 2 heterocycles. The van der Waals surface area contributed by atoms with Gasteiger partial charge in [0, 0.05) is 23.6 Å². The van der Waals surface area contributed by atoms with E-state index in [2.05, 4.69) is 0 Å². The fourth-order valence-corrected chi connectivity index (χ4v) is 3.57. The average Bonchev–Trinajstić information content (AvgIpc) is 2.68. The van der Waals surface area contributed by atoms with Gasteiger partial charge in [0.15, 0.2) is 16.9 Å². The average molecular weight is 384 g/mol. The van der Waals surface area contributed by atoms with E-state index >= 15 is 0 Å². The number of aliphatic hydroxyl groups is 2. The summed E-state index contributed by atoms with van der Waals surface area (Å²) in [5.74, 6) is -0.784. The predicted octanol–water partition coefficient (Wildman–Crippen LogP) is 2.44. The van der Waals surface area contributed by atoms with Gasteiger partial charge in [0.05, 0.1) is 18.3 Å². The zero-order valence-corrected chi connectivity index (χ0v) is 15.1. The molecule has 0 radical (unpaired) electrons. The van der Waals surface area contributed by atoms with E-state index in [1.54, 1.807) is 19.1 Å². The van der Waals surface area contributed by atoms with Gasteiger partial charge < -0.3 is 29.6 Å². The van der Waals surface area contributed by atoms with E-state index in [0.717, 1.165) is 0 Å². The number of hydrogen-bond acceptors (Lipinski definition) is 7. The molecule has 3 aromatic rings. The number of aliphatic hydroxyl groups excluding tert-OH is 2. The summed E-state index contributed by atoms with van der Waals surface area (Å²) in [6, 6.07) is 11.7. The summed E-state index contributed by atoms with van der Waals surface area (Å²) in [5, 5.41) is 40.6. The van der Waals surface area contributed by atoms with Crippen LogP contribution in [0.3, 0.4) is 0 Å². The lowest BCUT2D eigenvalue weighted by Crippen LogP contribution is -2.43. The van der Waals surface area contributed by atoms with E-state index in [4.69, 9.17) is 9.15 Å². The third-order valence-electron chi connectivity index (χ3n) is 5.11. The smallest absolute Gasteiger partial charge is 0.197 e. The van der Waals surface area contributed by atoms with Crippen LogP contribution in [0.5, 0.6) is 11.5 Å². The van der Waals surface area contributed by atoms with Crippen LogP contribution in [0, 0.1) is 0 Å². The topological polar surface area (TPSA) is 120 Å². The van der Waals surface area contributed by atoms with Gasteiger partial charge in [-0.2, -0.15) is 0 Å². The first kappa shape index (κ1) is 18.5. The Morgan fingerprint density at radius 3 is 2.43 bits per heavy atom. The highest BCUT2D eigenvalue weighted by Crippen LogP contribution is 2.43. The second kappa shape index (κ2) is 6.94. The minimum Gasteiger partial charge on any atom is -0.504 e. The maximum Gasteiger partial charge on any atom is 0.197 e. The Kier molecular flexibility index (Phi) is 4.58. The molecule has 1 aliphatic rings. The lowest BCUT2D eigenvalue weighted by Gasteiger charge is -2.35. The molecule has 1 fully saturated rings. The highest BCUT2D eigenvalue weighted by atomic mass is 16.5. The van der Waals surface area contributed by atoms with Crippen LogP contribution in [0.4, 0.5) is 0 Å². The van der Waals surface area contributed by atoms with Crippen molar-refractivity contribution in [3.63, 3.8) is 0 Å². The molecule has 0 aliphatic carbocycles. The van der Waals surface area contributed by atoms with Gasteiger partial charge in [-0.3, -0.25) is 4.79 Å². The molecule has 146 valence electrons. The fraction of sp³-hybridized carbons (Fsp3) is 0.286. The molecule has 2 aromatic carbocycles. The summed E-state index contributed by atoms with van der Waals surface area (Å²) < 4.78 is 11.5. The van der Waals surface area contributed by atoms with Gasteiger partial charge in [-0.25, -0.2) is 0 Å². The highest BCUT2D eigenvalue weighted by molar-refractivity contribution is 5.88. The van der Waals surface area contributed by atoms with Crippen molar-refractivity contribution < 1.29 is 29.6 Å². The van der Waals surface area contributed by atoms with E-state index < -0.39 is 41.3 Å². The molecule has 4 rings (SSSR count). The number of benzene rings is 2. The molecular weight excluding hydrogens is 364 g/mol. The largest absolute Gasteiger partial charge is 0.504 e. The molecular formula is C21H20O7. The summed E-state index contributed by atoms with van der Waals surface area (Å²) in [7, 11) is 0.